The highest BCUT2D eigenvalue weighted by molar-refractivity contribution is 5.28. The van der Waals surface area contributed by atoms with Gasteiger partial charge in [0.05, 0.1) is 24.4 Å². The molecule has 4 aliphatic carbocycles. The molecule has 3 saturated carbocycles. The standard InChI is InChI=1S/C19H30O4/c1-18-5-3-11(20)7-10(18)8-14(21)16-12(18)4-6-19(2)13(16)9-15(22)17(19)23/h8,11-17,20-23H,3-7,9H2,1-2H3/t11?,12-,13+,14?,15?,16-,17?,18+,19+/m1/s1. The number of fused-ring (bicyclic) bond motifs is 5. The van der Waals surface area contributed by atoms with Crippen molar-refractivity contribution in [3.05, 3.63) is 11.6 Å². The third kappa shape index (κ3) is 2.05. The van der Waals surface area contributed by atoms with Gasteiger partial charge in [0.15, 0.2) is 0 Å². The van der Waals surface area contributed by atoms with Gasteiger partial charge < -0.3 is 20.4 Å². The molecule has 0 radical (unpaired) electrons. The summed E-state index contributed by atoms with van der Waals surface area (Å²) in [7, 11) is 0. The summed E-state index contributed by atoms with van der Waals surface area (Å²) >= 11 is 0. The predicted octanol–water partition coefficient (Wildman–Crippen LogP) is 1.61. The van der Waals surface area contributed by atoms with E-state index in [4.69, 9.17) is 0 Å². The van der Waals surface area contributed by atoms with Crippen LogP contribution < -0.4 is 0 Å². The molecule has 0 aromatic heterocycles. The zero-order chi connectivity index (χ0) is 16.6. The van der Waals surface area contributed by atoms with E-state index < -0.39 is 18.3 Å². The van der Waals surface area contributed by atoms with Gasteiger partial charge in [0.25, 0.3) is 0 Å². The van der Waals surface area contributed by atoms with E-state index in [2.05, 4.69) is 13.8 Å². The van der Waals surface area contributed by atoms with E-state index in [9.17, 15) is 20.4 Å². The van der Waals surface area contributed by atoms with Crippen LogP contribution >= 0.6 is 0 Å². The van der Waals surface area contributed by atoms with Crippen molar-refractivity contribution < 1.29 is 20.4 Å². The van der Waals surface area contributed by atoms with Crippen LogP contribution in [0.2, 0.25) is 0 Å². The maximum absolute atomic E-state index is 10.9. The Balaban J connectivity index is 1.73. The fourth-order valence-electron chi connectivity index (χ4n) is 6.62. The van der Waals surface area contributed by atoms with Crippen LogP contribution in [0.25, 0.3) is 0 Å². The zero-order valence-electron chi connectivity index (χ0n) is 14.2. The van der Waals surface area contributed by atoms with Gasteiger partial charge >= 0.3 is 0 Å². The molecule has 0 aromatic carbocycles. The van der Waals surface area contributed by atoms with Crippen LogP contribution in [0.4, 0.5) is 0 Å². The molecular weight excluding hydrogens is 292 g/mol. The van der Waals surface area contributed by atoms with Crippen LogP contribution in [0.3, 0.4) is 0 Å². The van der Waals surface area contributed by atoms with Crippen LogP contribution in [0.5, 0.6) is 0 Å². The van der Waals surface area contributed by atoms with Crippen molar-refractivity contribution in [2.75, 3.05) is 0 Å². The third-order valence-electron chi connectivity index (χ3n) is 8.08. The Labute approximate surface area is 138 Å². The van der Waals surface area contributed by atoms with E-state index in [1.54, 1.807) is 0 Å². The van der Waals surface area contributed by atoms with E-state index in [1.807, 2.05) is 6.08 Å². The Morgan fingerprint density at radius 1 is 1.00 bits per heavy atom. The number of hydrogen-bond donors (Lipinski definition) is 4. The lowest BCUT2D eigenvalue weighted by atomic mass is 9.47. The fraction of sp³-hybridized carbons (Fsp3) is 0.895. The highest BCUT2D eigenvalue weighted by atomic mass is 16.3. The van der Waals surface area contributed by atoms with E-state index in [0.29, 0.717) is 18.8 Å². The average molecular weight is 322 g/mol. The first-order chi connectivity index (χ1) is 10.8. The summed E-state index contributed by atoms with van der Waals surface area (Å²) in [6.07, 6.45) is 4.85. The summed E-state index contributed by atoms with van der Waals surface area (Å²) in [5, 5.41) is 41.6. The average Bonchev–Trinajstić information content (AvgIpc) is 2.73. The fourth-order valence-corrected chi connectivity index (χ4v) is 6.62. The van der Waals surface area contributed by atoms with Gasteiger partial charge in [-0.25, -0.2) is 0 Å². The molecule has 23 heavy (non-hydrogen) atoms. The molecule has 0 aliphatic heterocycles. The second-order valence-corrected chi connectivity index (χ2v) is 9.08. The summed E-state index contributed by atoms with van der Waals surface area (Å²) in [5.41, 5.74) is 1.01. The highest BCUT2D eigenvalue weighted by Gasteiger charge is 2.62. The van der Waals surface area contributed by atoms with Gasteiger partial charge in [-0.2, -0.15) is 0 Å². The van der Waals surface area contributed by atoms with E-state index in [0.717, 1.165) is 25.7 Å². The first-order valence-electron chi connectivity index (χ1n) is 9.21. The Hall–Kier alpha value is -0.420. The monoisotopic (exact) mass is 322 g/mol. The quantitative estimate of drug-likeness (QED) is 0.511. The van der Waals surface area contributed by atoms with Gasteiger partial charge in [0.2, 0.25) is 0 Å². The summed E-state index contributed by atoms with van der Waals surface area (Å²) in [5.74, 6) is 0.674. The largest absolute Gasteiger partial charge is 0.393 e. The Bertz CT molecular complexity index is 531. The van der Waals surface area contributed by atoms with E-state index >= 15 is 0 Å². The molecule has 4 nitrogen and oxygen atoms in total. The maximum Gasteiger partial charge on any atom is 0.0855 e. The SMILES string of the molecule is C[C@]12CCC(O)CC1=CC(O)[C@@H]1[C@H]2CC[C@]2(C)C(O)C(O)C[C@@H]12. The lowest BCUT2D eigenvalue weighted by Gasteiger charge is -2.58. The van der Waals surface area contributed by atoms with Gasteiger partial charge in [0.1, 0.15) is 0 Å². The second-order valence-electron chi connectivity index (χ2n) is 9.08. The van der Waals surface area contributed by atoms with E-state index in [1.165, 1.54) is 5.57 Å². The molecular formula is C19H30O4. The van der Waals surface area contributed by atoms with Crippen LogP contribution in [-0.4, -0.2) is 44.8 Å². The van der Waals surface area contributed by atoms with Gasteiger partial charge in [0, 0.05) is 0 Å². The molecule has 4 aliphatic rings. The maximum atomic E-state index is 10.9. The minimum atomic E-state index is -0.674. The summed E-state index contributed by atoms with van der Waals surface area (Å²) in [6, 6.07) is 0. The summed E-state index contributed by atoms with van der Waals surface area (Å²) in [6.45, 7) is 4.40. The molecule has 4 unspecified atom stereocenters. The molecule has 0 amide bonds. The number of rotatable bonds is 0. The molecule has 9 atom stereocenters. The van der Waals surface area contributed by atoms with Gasteiger partial charge in [-0.1, -0.05) is 25.5 Å². The number of aliphatic hydroxyl groups is 4. The van der Waals surface area contributed by atoms with E-state index in [-0.39, 0.29) is 28.8 Å². The Morgan fingerprint density at radius 3 is 2.48 bits per heavy atom. The predicted molar refractivity (Wildman–Crippen MR) is 86.5 cm³/mol. The van der Waals surface area contributed by atoms with Crippen LogP contribution in [0.1, 0.15) is 52.4 Å². The number of hydrogen-bond acceptors (Lipinski definition) is 4. The molecule has 0 bridgehead atoms. The van der Waals surface area contributed by atoms with Crippen molar-refractivity contribution in [1.29, 1.82) is 0 Å². The van der Waals surface area contributed by atoms with Crippen molar-refractivity contribution >= 4 is 0 Å². The number of aliphatic hydroxyl groups excluding tert-OH is 4. The van der Waals surface area contributed by atoms with Crippen molar-refractivity contribution in [1.82, 2.24) is 0 Å². The molecule has 0 spiro atoms. The normalized spacial score (nSPS) is 58.9. The van der Waals surface area contributed by atoms with Crippen molar-refractivity contribution in [2.24, 2.45) is 28.6 Å². The van der Waals surface area contributed by atoms with Crippen LogP contribution in [-0.2, 0) is 0 Å². The van der Waals surface area contributed by atoms with Crippen LogP contribution in [0.15, 0.2) is 11.6 Å². The first-order valence-corrected chi connectivity index (χ1v) is 9.21. The molecule has 0 aromatic rings. The van der Waals surface area contributed by atoms with Crippen molar-refractivity contribution in [3.8, 4) is 0 Å². The molecule has 0 saturated heterocycles. The molecule has 3 fully saturated rings. The third-order valence-corrected chi connectivity index (χ3v) is 8.08. The molecule has 4 heteroatoms. The first kappa shape index (κ1) is 16.1. The second kappa shape index (κ2) is 5.04. The highest BCUT2D eigenvalue weighted by Crippen LogP contribution is 2.64. The van der Waals surface area contributed by atoms with Crippen molar-refractivity contribution in [3.63, 3.8) is 0 Å². The Morgan fingerprint density at radius 2 is 1.74 bits per heavy atom. The summed E-state index contributed by atoms with van der Waals surface area (Å²) in [4.78, 5) is 0. The minimum Gasteiger partial charge on any atom is -0.393 e. The molecule has 4 N–H and O–H groups in total. The van der Waals surface area contributed by atoms with Crippen molar-refractivity contribution in [2.45, 2.75) is 76.8 Å². The summed E-state index contributed by atoms with van der Waals surface area (Å²) < 4.78 is 0. The van der Waals surface area contributed by atoms with Gasteiger partial charge in [-0.15, -0.1) is 0 Å². The lowest BCUT2D eigenvalue weighted by molar-refractivity contribution is -0.110. The molecule has 130 valence electrons. The van der Waals surface area contributed by atoms with Gasteiger partial charge in [-0.05, 0) is 67.1 Å². The lowest BCUT2D eigenvalue weighted by Crippen LogP contribution is -2.55. The van der Waals surface area contributed by atoms with Crippen LogP contribution in [0, 0.1) is 28.6 Å². The topological polar surface area (TPSA) is 80.9 Å². The molecule has 0 heterocycles. The van der Waals surface area contributed by atoms with Gasteiger partial charge in [-0.3, -0.25) is 0 Å². The zero-order valence-corrected chi connectivity index (χ0v) is 14.2. The smallest absolute Gasteiger partial charge is 0.0855 e. The Kier molecular flexibility index (Phi) is 3.52. The minimum absolute atomic E-state index is 0.0585. The molecule has 4 rings (SSSR count).